The predicted octanol–water partition coefficient (Wildman–Crippen LogP) is 17.2. The van der Waals surface area contributed by atoms with E-state index in [-0.39, 0.29) is 0 Å². The summed E-state index contributed by atoms with van der Waals surface area (Å²) in [6.45, 7) is 0. The first-order valence-electron chi connectivity index (χ1n) is 22.5. The number of hydrogen-bond acceptors (Lipinski definition) is 2. The fourth-order valence-electron chi connectivity index (χ4n) is 10.1. The fourth-order valence-corrected chi connectivity index (χ4v) is 10.1. The van der Waals surface area contributed by atoms with Crippen LogP contribution in [-0.2, 0) is 0 Å². The molecule has 0 N–H and O–H groups in total. The maximum Gasteiger partial charge on any atom is 0.227 e. The molecule has 0 fully saturated rings. The smallest absolute Gasteiger partial charge is 0.227 e. The zero-order chi connectivity index (χ0) is 43.6. The molecule has 0 aliphatic carbocycles. The molecule has 13 rings (SSSR count). The summed E-state index contributed by atoms with van der Waals surface area (Å²) < 4.78 is 8.52. The average Bonchev–Trinajstić information content (AvgIpc) is 3.98. The molecule has 0 unspecified atom stereocenters. The van der Waals surface area contributed by atoms with Gasteiger partial charge < -0.3 is 8.98 Å². The van der Waals surface area contributed by atoms with E-state index in [1.807, 2.05) is 24.3 Å². The van der Waals surface area contributed by atoms with Crippen molar-refractivity contribution in [2.45, 2.75) is 0 Å². The van der Waals surface area contributed by atoms with Gasteiger partial charge in [-0.3, -0.25) is 0 Å². The lowest BCUT2D eigenvalue weighted by atomic mass is 9.89. The molecule has 308 valence electrons. The van der Waals surface area contributed by atoms with E-state index in [0.717, 1.165) is 33.5 Å². The monoisotopic (exact) mass is 840 g/mol. The first-order valence-corrected chi connectivity index (χ1v) is 22.5. The molecule has 11 aromatic carbocycles. The third-order valence-electron chi connectivity index (χ3n) is 13.3. The Kier molecular flexibility index (Phi) is 8.85. The number of benzene rings is 11. The molecule has 66 heavy (non-hydrogen) atoms. The van der Waals surface area contributed by atoms with Gasteiger partial charge in [-0.1, -0.05) is 182 Å². The van der Waals surface area contributed by atoms with Crippen molar-refractivity contribution in [1.29, 1.82) is 0 Å². The summed E-state index contributed by atoms with van der Waals surface area (Å²) in [5, 5.41) is 7.45. The van der Waals surface area contributed by atoms with Crippen LogP contribution in [0.25, 0.3) is 127 Å². The summed E-state index contributed by atoms with van der Waals surface area (Å²) in [7, 11) is 0. The van der Waals surface area contributed by atoms with Gasteiger partial charge in [0.25, 0.3) is 0 Å². The zero-order valence-corrected chi connectivity index (χ0v) is 35.9. The zero-order valence-electron chi connectivity index (χ0n) is 35.9. The van der Waals surface area contributed by atoms with Gasteiger partial charge in [0, 0.05) is 22.0 Å². The molecule has 3 heteroatoms. The molecular formula is C63H40N2O. The summed E-state index contributed by atoms with van der Waals surface area (Å²) in [6.07, 6.45) is 0. The van der Waals surface area contributed by atoms with Crippen LogP contribution in [0.4, 0.5) is 0 Å². The number of fused-ring (bicyclic) bond motifs is 6. The quantitative estimate of drug-likeness (QED) is 0.160. The standard InChI is InChI=1S/C63H40N2O/c1-3-17-49-41(13-1)15-11-23-53(49)46-33-37-60-57(39-46)58-40-47(54-24-12-16-42-14-2-4-18-50(42)54)34-38-61(58)65(60)48-35-31-44(32-36-48)52-20-6-8-22-56(52)55-21-7-5-19-51(55)43-27-29-45(30-28-43)63-64-59-25-9-10-26-62(59)66-63/h1-40H. The van der Waals surface area contributed by atoms with E-state index in [0.29, 0.717) is 5.89 Å². The summed E-state index contributed by atoms with van der Waals surface area (Å²) >= 11 is 0. The van der Waals surface area contributed by atoms with Crippen molar-refractivity contribution >= 4 is 54.5 Å². The lowest BCUT2D eigenvalue weighted by Gasteiger charge is -2.16. The minimum absolute atomic E-state index is 0.627. The van der Waals surface area contributed by atoms with Crippen LogP contribution in [0, 0.1) is 0 Å². The van der Waals surface area contributed by atoms with Crippen molar-refractivity contribution in [3.05, 3.63) is 243 Å². The molecule has 2 aromatic heterocycles. The molecule has 0 spiro atoms. The van der Waals surface area contributed by atoms with Gasteiger partial charge in [0.2, 0.25) is 5.89 Å². The van der Waals surface area contributed by atoms with Crippen LogP contribution >= 0.6 is 0 Å². The van der Waals surface area contributed by atoms with Gasteiger partial charge in [-0.25, -0.2) is 4.98 Å². The fraction of sp³-hybridized carbons (Fsp3) is 0. The van der Waals surface area contributed by atoms with Gasteiger partial charge in [0.1, 0.15) is 5.52 Å². The highest BCUT2D eigenvalue weighted by Gasteiger charge is 2.18. The molecule has 0 saturated heterocycles. The van der Waals surface area contributed by atoms with Gasteiger partial charge in [-0.2, -0.15) is 0 Å². The lowest BCUT2D eigenvalue weighted by molar-refractivity contribution is 0.620. The van der Waals surface area contributed by atoms with Crippen molar-refractivity contribution < 1.29 is 4.42 Å². The van der Waals surface area contributed by atoms with Crippen molar-refractivity contribution in [2.24, 2.45) is 0 Å². The second kappa shape index (κ2) is 15.5. The molecule has 0 amide bonds. The van der Waals surface area contributed by atoms with Gasteiger partial charge in [-0.05, 0) is 138 Å². The first kappa shape index (κ1) is 37.7. The van der Waals surface area contributed by atoms with Crippen LogP contribution in [-0.4, -0.2) is 9.55 Å². The third-order valence-corrected chi connectivity index (χ3v) is 13.3. The van der Waals surface area contributed by atoms with Crippen molar-refractivity contribution in [3.8, 4) is 72.8 Å². The van der Waals surface area contributed by atoms with Crippen molar-refractivity contribution in [1.82, 2.24) is 9.55 Å². The molecule has 0 aliphatic rings. The average molecular weight is 841 g/mol. The number of nitrogens with zero attached hydrogens (tertiary/aromatic N) is 2. The van der Waals surface area contributed by atoms with Crippen LogP contribution in [0.1, 0.15) is 0 Å². The van der Waals surface area contributed by atoms with E-state index in [1.165, 1.54) is 87.9 Å². The molecule has 0 bridgehead atoms. The number of para-hydroxylation sites is 2. The van der Waals surface area contributed by atoms with E-state index in [1.54, 1.807) is 0 Å². The van der Waals surface area contributed by atoms with Gasteiger partial charge in [0.05, 0.1) is 11.0 Å². The molecule has 0 radical (unpaired) electrons. The first-order chi connectivity index (χ1) is 32.7. The second-order valence-electron chi connectivity index (χ2n) is 17.1. The Hall–Kier alpha value is -8.79. The minimum atomic E-state index is 0.627. The number of oxazole rings is 1. The minimum Gasteiger partial charge on any atom is -0.436 e. The summed E-state index contributed by atoms with van der Waals surface area (Å²) in [5.74, 6) is 0.627. The number of aromatic nitrogens is 2. The predicted molar refractivity (Wildman–Crippen MR) is 276 cm³/mol. The van der Waals surface area contributed by atoms with Crippen LogP contribution in [0.5, 0.6) is 0 Å². The normalized spacial score (nSPS) is 11.6. The SMILES string of the molecule is c1ccc(-c2ccccc2-c2ccc(-n3c4ccc(-c5cccc6ccccc56)cc4c4cc(-c5cccc6ccccc56)ccc43)cc2)c(-c2ccc(-c3nc4ccccc4o3)cc2)c1. The Morgan fingerprint density at radius 3 is 1.29 bits per heavy atom. The Labute approximate surface area is 382 Å². The largest absolute Gasteiger partial charge is 0.436 e. The molecule has 2 heterocycles. The Morgan fingerprint density at radius 2 is 0.727 bits per heavy atom. The Bertz CT molecular complexity index is 3800. The van der Waals surface area contributed by atoms with Gasteiger partial charge in [-0.15, -0.1) is 0 Å². The second-order valence-corrected chi connectivity index (χ2v) is 17.1. The molecule has 0 atom stereocenters. The van der Waals surface area contributed by atoms with Crippen molar-refractivity contribution in [3.63, 3.8) is 0 Å². The Morgan fingerprint density at radius 1 is 0.303 bits per heavy atom. The van der Waals surface area contributed by atoms with E-state index < -0.39 is 0 Å². The van der Waals surface area contributed by atoms with Crippen LogP contribution < -0.4 is 0 Å². The molecule has 0 aliphatic heterocycles. The lowest BCUT2D eigenvalue weighted by Crippen LogP contribution is -1.94. The topological polar surface area (TPSA) is 31.0 Å². The van der Waals surface area contributed by atoms with E-state index in [4.69, 9.17) is 9.40 Å². The number of rotatable bonds is 7. The Balaban J connectivity index is 0.909. The molecular weight excluding hydrogens is 801 g/mol. The molecule has 13 aromatic rings. The highest BCUT2D eigenvalue weighted by atomic mass is 16.3. The van der Waals surface area contributed by atoms with Gasteiger partial charge in [0.15, 0.2) is 5.58 Å². The summed E-state index contributed by atoms with van der Waals surface area (Å²) in [4.78, 5) is 4.73. The van der Waals surface area contributed by atoms with E-state index in [9.17, 15) is 0 Å². The van der Waals surface area contributed by atoms with E-state index in [2.05, 4.69) is 223 Å². The molecule has 3 nitrogen and oxygen atoms in total. The maximum atomic E-state index is 6.09. The maximum absolute atomic E-state index is 6.09. The van der Waals surface area contributed by atoms with Crippen molar-refractivity contribution in [2.75, 3.05) is 0 Å². The van der Waals surface area contributed by atoms with Gasteiger partial charge >= 0.3 is 0 Å². The van der Waals surface area contributed by atoms with Crippen LogP contribution in [0.3, 0.4) is 0 Å². The summed E-state index contributed by atoms with van der Waals surface area (Å²) in [5.41, 5.74) is 18.0. The van der Waals surface area contributed by atoms with Crippen LogP contribution in [0.2, 0.25) is 0 Å². The highest BCUT2D eigenvalue weighted by molar-refractivity contribution is 6.13. The van der Waals surface area contributed by atoms with Crippen LogP contribution in [0.15, 0.2) is 247 Å². The highest BCUT2D eigenvalue weighted by Crippen LogP contribution is 2.42. The number of hydrogen-bond donors (Lipinski definition) is 0. The third kappa shape index (κ3) is 6.32. The van der Waals surface area contributed by atoms with E-state index >= 15 is 0 Å². The molecule has 0 saturated carbocycles. The summed E-state index contributed by atoms with van der Waals surface area (Å²) in [6, 6.07) is 87.5.